The Morgan fingerprint density at radius 3 is 2.23 bits per heavy atom. The van der Waals surface area contributed by atoms with Crippen molar-refractivity contribution in [2.45, 2.75) is 26.3 Å². The first kappa shape index (κ1) is 33.0. The van der Waals surface area contributed by atoms with E-state index < -0.39 is 5.91 Å². The number of aryl methyl sites for hydroxylation is 1. The molecule has 0 fully saturated rings. The summed E-state index contributed by atoms with van der Waals surface area (Å²) in [6, 6.07) is 32.7. The van der Waals surface area contributed by atoms with Gasteiger partial charge in [-0.15, -0.1) is 10.2 Å². The molecule has 0 unspecified atom stereocenters. The van der Waals surface area contributed by atoms with Gasteiger partial charge in [0.25, 0.3) is 5.91 Å². The summed E-state index contributed by atoms with van der Waals surface area (Å²) in [5.74, 6) is -0.302. The number of pyridine rings is 1. The van der Waals surface area contributed by atoms with Gasteiger partial charge in [-0.3, -0.25) is 14.4 Å². The van der Waals surface area contributed by atoms with Crippen LogP contribution in [-0.2, 0) is 4.79 Å². The van der Waals surface area contributed by atoms with Crippen LogP contribution in [0.2, 0.25) is 0 Å². The Morgan fingerprint density at radius 2 is 1.61 bits per heavy atom. The molecule has 0 spiro atoms. The Kier molecular flexibility index (Phi) is 13.5. The third kappa shape index (κ3) is 11.4. The number of nitrogens with one attached hydrogen (secondary N) is 4. The molecular formula is C33H36N8O3. The van der Waals surface area contributed by atoms with Gasteiger partial charge in [-0.25, -0.2) is 4.98 Å². The van der Waals surface area contributed by atoms with Crippen LogP contribution in [0, 0.1) is 6.92 Å². The molecule has 2 amide bonds. The van der Waals surface area contributed by atoms with Gasteiger partial charge in [0, 0.05) is 30.3 Å². The van der Waals surface area contributed by atoms with Gasteiger partial charge >= 0.3 is 0 Å². The van der Waals surface area contributed by atoms with E-state index in [0.29, 0.717) is 29.4 Å². The Morgan fingerprint density at radius 1 is 0.909 bits per heavy atom. The number of aromatic nitrogens is 5. The third-order valence-electron chi connectivity index (χ3n) is 6.18. The number of nitrogens with zero attached hydrogens (tertiary/aromatic N) is 4. The molecule has 0 aliphatic heterocycles. The van der Waals surface area contributed by atoms with Crippen LogP contribution in [0.25, 0.3) is 11.4 Å². The molecule has 44 heavy (non-hydrogen) atoms. The molecule has 0 saturated carbocycles. The largest absolute Gasteiger partial charge is 0.350 e. The predicted octanol–water partition coefficient (Wildman–Crippen LogP) is 4.79. The smallest absolute Gasteiger partial charge is 0.269 e. The first-order valence-electron chi connectivity index (χ1n) is 14.0. The Hall–Kier alpha value is -5.55. The molecule has 0 aliphatic carbocycles. The Balaban J connectivity index is 0.000000252. The molecule has 0 bridgehead atoms. The number of amides is 2. The minimum atomic E-state index is -0.453. The van der Waals surface area contributed by atoms with Crippen molar-refractivity contribution in [1.29, 1.82) is 0 Å². The number of H-pyrrole nitrogens is 1. The maximum atomic E-state index is 12.1. The quantitative estimate of drug-likeness (QED) is 0.178. The second-order valence-electron chi connectivity index (χ2n) is 9.51. The lowest BCUT2D eigenvalue weighted by Gasteiger charge is -2.08. The average molecular weight is 593 g/mol. The lowest BCUT2D eigenvalue weighted by molar-refractivity contribution is -0.116. The average Bonchev–Trinajstić information content (AvgIpc) is 3.61. The van der Waals surface area contributed by atoms with Crippen molar-refractivity contribution >= 4 is 23.8 Å². The lowest BCUT2D eigenvalue weighted by atomic mass is 10.1. The van der Waals surface area contributed by atoms with Crippen LogP contribution in [0.4, 0.5) is 5.69 Å². The first-order valence-corrected chi connectivity index (χ1v) is 14.0. The molecule has 2 aromatic heterocycles. The van der Waals surface area contributed by atoms with Gasteiger partial charge in [0.2, 0.25) is 11.7 Å². The van der Waals surface area contributed by atoms with Gasteiger partial charge in [0.15, 0.2) is 6.29 Å². The number of anilines is 1. The summed E-state index contributed by atoms with van der Waals surface area (Å²) in [6.45, 7) is 4.36. The number of aromatic amines is 1. The topological polar surface area (TPSA) is 155 Å². The molecule has 2 heterocycles. The van der Waals surface area contributed by atoms with E-state index in [9.17, 15) is 14.4 Å². The van der Waals surface area contributed by atoms with Gasteiger partial charge in [-0.2, -0.15) is 5.21 Å². The van der Waals surface area contributed by atoms with E-state index in [-0.39, 0.29) is 30.3 Å². The number of aldehydes is 1. The standard InChI is InChI=1S/C17H15N7O3.C9H13N.C7H8/c25-10-13-5-2-6-14(19-13)17(27)18-8-7-15(26)20-12-4-1-3-11(9-12)16-21-23-24-22-16;1-8(10-2)9-6-4-3-5-7-9;1-7-5-3-2-4-6-7/h1-6,9-10H,7-8H2,(H,18,27)(H,20,26)(H,21,22,23,24);3-8,10H,1-2H3;2-6H,1H3/t;8-;/m.1./s1. The van der Waals surface area contributed by atoms with Gasteiger partial charge in [0.1, 0.15) is 11.4 Å². The second kappa shape index (κ2) is 18.1. The van der Waals surface area contributed by atoms with Crippen LogP contribution < -0.4 is 16.0 Å². The molecular weight excluding hydrogens is 556 g/mol. The number of tetrazole rings is 1. The Bertz CT molecular complexity index is 1580. The highest BCUT2D eigenvalue weighted by molar-refractivity contribution is 5.94. The fourth-order valence-corrected chi connectivity index (χ4v) is 3.71. The van der Waals surface area contributed by atoms with Crippen LogP contribution in [0.1, 0.15) is 51.5 Å². The van der Waals surface area contributed by atoms with Crippen molar-refractivity contribution in [1.82, 2.24) is 36.2 Å². The van der Waals surface area contributed by atoms with Crippen molar-refractivity contribution in [3.63, 3.8) is 0 Å². The minimum absolute atomic E-state index is 0.0749. The van der Waals surface area contributed by atoms with E-state index in [4.69, 9.17) is 0 Å². The summed E-state index contributed by atoms with van der Waals surface area (Å²) in [7, 11) is 1.97. The fraction of sp³-hybridized carbons (Fsp3) is 0.182. The third-order valence-corrected chi connectivity index (χ3v) is 6.18. The number of carbonyl (C=O) groups is 3. The SMILES string of the molecule is CN[C@H](C)c1ccccc1.Cc1ccccc1.O=Cc1cccc(C(=O)NCCC(=O)Nc2cccc(-c3nn[nH]n3)c2)n1. The molecule has 3 aromatic carbocycles. The summed E-state index contributed by atoms with van der Waals surface area (Å²) >= 11 is 0. The first-order chi connectivity index (χ1) is 21.4. The van der Waals surface area contributed by atoms with Gasteiger partial charge in [-0.1, -0.05) is 84.4 Å². The van der Waals surface area contributed by atoms with Crippen molar-refractivity contribution in [3.8, 4) is 11.4 Å². The lowest BCUT2D eigenvalue weighted by Crippen LogP contribution is -2.28. The summed E-state index contributed by atoms with van der Waals surface area (Å²) < 4.78 is 0. The van der Waals surface area contributed by atoms with Gasteiger partial charge in [0.05, 0.1) is 0 Å². The fourth-order valence-electron chi connectivity index (χ4n) is 3.71. The minimum Gasteiger partial charge on any atom is -0.350 e. The molecule has 226 valence electrons. The van der Waals surface area contributed by atoms with Crippen LogP contribution in [-0.4, -0.2) is 57.3 Å². The van der Waals surface area contributed by atoms with E-state index >= 15 is 0 Å². The maximum Gasteiger partial charge on any atom is 0.269 e. The molecule has 11 heteroatoms. The number of benzene rings is 3. The van der Waals surface area contributed by atoms with Crippen molar-refractivity contribution in [3.05, 3.63) is 126 Å². The van der Waals surface area contributed by atoms with Crippen molar-refractivity contribution in [2.75, 3.05) is 18.9 Å². The number of rotatable bonds is 9. The van der Waals surface area contributed by atoms with Gasteiger partial charge < -0.3 is 16.0 Å². The van der Waals surface area contributed by atoms with Crippen LogP contribution in [0.15, 0.2) is 103 Å². The molecule has 0 aliphatic rings. The van der Waals surface area contributed by atoms with Crippen molar-refractivity contribution < 1.29 is 14.4 Å². The highest BCUT2D eigenvalue weighted by atomic mass is 16.2. The van der Waals surface area contributed by atoms with E-state index in [1.807, 2.05) is 31.3 Å². The number of hydrogen-bond acceptors (Lipinski definition) is 8. The molecule has 4 N–H and O–H groups in total. The summed E-state index contributed by atoms with van der Waals surface area (Å²) in [5, 5.41) is 22.1. The zero-order valence-electron chi connectivity index (χ0n) is 24.9. The monoisotopic (exact) mass is 592 g/mol. The van der Waals surface area contributed by atoms with E-state index in [2.05, 4.69) is 91.8 Å². The van der Waals surface area contributed by atoms with Crippen LogP contribution in [0.3, 0.4) is 0 Å². The van der Waals surface area contributed by atoms with E-state index in [0.717, 1.165) is 0 Å². The maximum absolute atomic E-state index is 12.1. The van der Waals surface area contributed by atoms with Crippen molar-refractivity contribution in [2.24, 2.45) is 0 Å². The van der Waals surface area contributed by atoms with E-state index in [1.165, 1.54) is 23.3 Å². The zero-order valence-corrected chi connectivity index (χ0v) is 24.9. The molecule has 0 radical (unpaired) electrons. The number of carbonyl (C=O) groups excluding carboxylic acids is 3. The zero-order chi connectivity index (χ0) is 31.6. The molecule has 0 saturated heterocycles. The highest BCUT2D eigenvalue weighted by Gasteiger charge is 2.10. The van der Waals surface area contributed by atoms with E-state index in [1.54, 1.807) is 30.3 Å². The summed E-state index contributed by atoms with van der Waals surface area (Å²) in [4.78, 5) is 38.6. The molecule has 11 nitrogen and oxygen atoms in total. The van der Waals surface area contributed by atoms with Crippen LogP contribution in [0.5, 0.6) is 0 Å². The Labute approximate surface area is 256 Å². The van der Waals surface area contributed by atoms with Gasteiger partial charge in [-0.05, 0) is 55.9 Å². The van der Waals surface area contributed by atoms with Crippen LogP contribution >= 0.6 is 0 Å². The molecule has 1 atom stereocenters. The summed E-state index contributed by atoms with van der Waals surface area (Å²) in [6.07, 6.45) is 0.637. The highest BCUT2D eigenvalue weighted by Crippen LogP contribution is 2.18. The molecule has 5 rings (SSSR count). The summed E-state index contributed by atoms with van der Waals surface area (Å²) in [5.41, 5.74) is 4.23. The number of hydrogen-bond donors (Lipinski definition) is 4. The normalized spacial score (nSPS) is 10.6. The molecule has 5 aromatic rings. The predicted molar refractivity (Wildman–Crippen MR) is 170 cm³/mol. The second-order valence-corrected chi connectivity index (χ2v) is 9.51.